The van der Waals surface area contributed by atoms with Crippen molar-refractivity contribution in [1.29, 1.82) is 0 Å². The first-order chi connectivity index (χ1) is 32.8. The quantitative estimate of drug-likeness (QED) is 0.160. The highest BCUT2D eigenvalue weighted by atomic mass is 19.4. The molecule has 0 N–H and O–H groups in total. The number of aryl methyl sites for hydroxylation is 1. The van der Waals surface area contributed by atoms with Gasteiger partial charge in [0.15, 0.2) is 5.82 Å². The summed E-state index contributed by atoms with van der Waals surface area (Å²) in [5, 5.41) is 4.36. The van der Waals surface area contributed by atoms with E-state index < -0.39 is 11.7 Å². The molecule has 0 aliphatic heterocycles. The van der Waals surface area contributed by atoms with Gasteiger partial charge in [-0.3, -0.25) is 0 Å². The molecule has 0 aliphatic rings. The van der Waals surface area contributed by atoms with Crippen LogP contribution in [0.5, 0.6) is 0 Å². The van der Waals surface area contributed by atoms with Crippen molar-refractivity contribution >= 4 is 43.6 Å². The fraction of sp³-hybridized carbons (Fsp3) is 0.0333. The number of alkyl halides is 3. The van der Waals surface area contributed by atoms with Crippen LogP contribution < -0.4 is 0 Å². The van der Waals surface area contributed by atoms with Crippen molar-refractivity contribution in [3.63, 3.8) is 0 Å². The summed E-state index contributed by atoms with van der Waals surface area (Å²) in [5.74, 6) is 0.451. The number of hydrogen-bond acceptors (Lipinski definition) is 2. The smallest absolute Gasteiger partial charge is 0.309 e. The second-order valence-electron chi connectivity index (χ2n) is 17.0. The predicted octanol–water partition coefficient (Wildman–Crippen LogP) is 16.3. The highest BCUT2D eigenvalue weighted by molar-refractivity contribution is 6.13. The first-order valence-corrected chi connectivity index (χ1v) is 22.2. The maximum Gasteiger partial charge on any atom is 0.416 e. The van der Waals surface area contributed by atoms with Crippen LogP contribution in [0.4, 0.5) is 13.2 Å². The molecule has 0 amide bonds. The molecule has 67 heavy (non-hydrogen) atoms. The standard InChI is InChI=1S/C60H39F3N4/c1-38-16-14-21-41(32-38)49-34-43(59-64-52(39-17-4-2-5-18-39)37-53(65-59)40-19-6-3-7-20-40)35-50(42-22-15-23-44(33-42)60(61,62)63)58(49)67-56-29-13-10-26-48(56)51-36-45(30-31-57(51)67)66-54-27-11-8-24-46(54)47-25-9-12-28-55(47)66/h2-37H,1H3. The van der Waals surface area contributed by atoms with Crippen molar-refractivity contribution in [3.8, 4) is 67.5 Å². The van der Waals surface area contributed by atoms with Gasteiger partial charge in [0.25, 0.3) is 0 Å². The molecule has 3 aromatic heterocycles. The maximum absolute atomic E-state index is 14.7. The van der Waals surface area contributed by atoms with Gasteiger partial charge < -0.3 is 9.13 Å². The van der Waals surface area contributed by atoms with Crippen LogP contribution >= 0.6 is 0 Å². The van der Waals surface area contributed by atoms with Crippen LogP contribution in [-0.2, 0) is 6.18 Å². The monoisotopic (exact) mass is 872 g/mol. The first-order valence-electron chi connectivity index (χ1n) is 22.2. The van der Waals surface area contributed by atoms with Crippen LogP contribution in [0.3, 0.4) is 0 Å². The van der Waals surface area contributed by atoms with E-state index in [0.717, 1.165) is 89.5 Å². The molecule has 12 rings (SSSR count). The Kier molecular flexibility index (Phi) is 9.47. The third kappa shape index (κ3) is 6.95. The Balaban J connectivity index is 1.19. The van der Waals surface area contributed by atoms with Crippen LogP contribution in [0.1, 0.15) is 11.1 Å². The molecule has 0 unspecified atom stereocenters. The van der Waals surface area contributed by atoms with Crippen molar-refractivity contribution in [2.75, 3.05) is 0 Å². The number of aromatic nitrogens is 4. The Morgan fingerprint density at radius 1 is 0.373 bits per heavy atom. The third-order valence-corrected chi connectivity index (χ3v) is 12.8. The lowest BCUT2D eigenvalue weighted by Crippen LogP contribution is -2.06. The SMILES string of the molecule is Cc1cccc(-c2cc(-c3nc(-c4ccccc4)cc(-c4ccccc4)n3)cc(-c3cccc(C(F)(F)F)c3)c2-n2c3ccccc3c3cc(-n4c5ccccc5c5ccccc54)ccc32)c1. The van der Waals surface area contributed by atoms with Crippen LogP contribution in [-0.4, -0.2) is 19.1 Å². The average molecular weight is 873 g/mol. The molecule has 0 fully saturated rings. The van der Waals surface area contributed by atoms with E-state index in [1.165, 1.54) is 22.9 Å². The molecular formula is C60H39F3N4. The van der Waals surface area contributed by atoms with Gasteiger partial charge in [-0.2, -0.15) is 13.2 Å². The highest BCUT2D eigenvalue weighted by Crippen LogP contribution is 2.46. The molecule has 9 aromatic carbocycles. The molecule has 0 aliphatic carbocycles. The molecule has 7 heteroatoms. The zero-order valence-corrected chi connectivity index (χ0v) is 36.2. The van der Waals surface area contributed by atoms with Gasteiger partial charge in [0.05, 0.1) is 44.7 Å². The summed E-state index contributed by atoms with van der Waals surface area (Å²) in [4.78, 5) is 10.4. The topological polar surface area (TPSA) is 35.6 Å². The van der Waals surface area contributed by atoms with E-state index in [0.29, 0.717) is 22.5 Å². The summed E-state index contributed by atoms with van der Waals surface area (Å²) in [7, 11) is 0. The summed E-state index contributed by atoms with van der Waals surface area (Å²) in [6.07, 6.45) is -4.57. The maximum atomic E-state index is 14.7. The highest BCUT2D eigenvalue weighted by Gasteiger charge is 2.31. The van der Waals surface area contributed by atoms with Gasteiger partial charge in [-0.1, -0.05) is 157 Å². The van der Waals surface area contributed by atoms with E-state index in [-0.39, 0.29) is 0 Å². The second kappa shape index (κ2) is 15.9. The lowest BCUT2D eigenvalue weighted by atomic mass is 9.91. The van der Waals surface area contributed by atoms with Gasteiger partial charge in [-0.05, 0) is 84.8 Å². The van der Waals surface area contributed by atoms with E-state index in [1.54, 1.807) is 6.07 Å². The molecule has 0 saturated heterocycles. The van der Waals surface area contributed by atoms with Crippen LogP contribution in [0.2, 0.25) is 0 Å². The van der Waals surface area contributed by atoms with E-state index in [9.17, 15) is 13.2 Å². The van der Waals surface area contributed by atoms with Crippen molar-refractivity contribution in [2.45, 2.75) is 13.1 Å². The van der Waals surface area contributed by atoms with E-state index in [2.05, 4.69) is 119 Å². The largest absolute Gasteiger partial charge is 0.416 e. The predicted molar refractivity (Wildman–Crippen MR) is 268 cm³/mol. The fourth-order valence-electron chi connectivity index (χ4n) is 9.75. The number of fused-ring (bicyclic) bond motifs is 6. The number of hydrogen-bond donors (Lipinski definition) is 0. The minimum absolute atomic E-state index is 0.413. The number of benzene rings is 9. The summed E-state index contributed by atoms with van der Waals surface area (Å²) in [6.45, 7) is 2.05. The molecular weight excluding hydrogens is 834 g/mol. The minimum Gasteiger partial charge on any atom is -0.309 e. The Morgan fingerprint density at radius 3 is 1.42 bits per heavy atom. The zero-order chi connectivity index (χ0) is 45.2. The van der Waals surface area contributed by atoms with Crippen LogP contribution in [0.15, 0.2) is 218 Å². The van der Waals surface area contributed by atoms with Crippen LogP contribution in [0.25, 0.3) is 111 Å². The molecule has 0 radical (unpaired) electrons. The average Bonchev–Trinajstić information content (AvgIpc) is 3.88. The molecule has 3 heterocycles. The Bertz CT molecular complexity index is 3750. The van der Waals surface area contributed by atoms with E-state index in [4.69, 9.17) is 9.97 Å². The lowest BCUT2D eigenvalue weighted by molar-refractivity contribution is -0.137. The lowest BCUT2D eigenvalue weighted by Gasteiger charge is -2.22. The Morgan fingerprint density at radius 2 is 0.851 bits per heavy atom. The number of halogens is 3. The molecule has 0 spiro atoms. The van der Waals surface area contributed by atoms with Crippen molar-refractivity contribution in [3.05, 3.63) is 230 Å². The number of rotatable bonds is 7. The molecule has 0 saturated carbocycles. The molecule has 0 bridgehead atoms. The summed E-state index contributed by atoms with van der Waals surface area (Å²) >= 11 is 0. The Labute approximate surface area is 384 Å². The van der Waals surface area contributed by atoms with Gasteiger partial charge in [0.2, 0.25) is 0 Å². The molecule has 4 nitrogen and oxygen atoms in total. The molecule has 0 atom stereocenters. The van der Waals surface area contributed by atoms with Gasteiger partial charge in [0, 0.05) is 55.0 Å². The second-order valence-corrected chi connectivity index (χ2v) is 17.0. The molecule has 320 valence electrons. The summed E-state index contributed by atoms with van der Waals surface area (Å²) in [6, 6.07) is 71.6. The van der Waals surface area contributed by atoms with Gasteiger partial charge in [0.1, 0.15) is 0 Å². The van der Waals surface area contributed by atoms with Crippen molar-refractivity contribution in [1.82, 2.24) is 19.1 Å². The summed E-state index contributed by atoms with van der Waals surface area (Å²) < 4.78 is 48.8. The van der Waals surface area contributed by atoms with Crippen molar-refractivity contribution < 1.29 is 13.2 Å². The van der Waals surface area contributed by atoms with Crippen LogP contribution in [0, 0.1) is 6.92 Å². The van der Waals surface area contributed by atoms with Gasteiger partial charge >= 0.3 is 6.18 Å². The normalized spacial score (nSPS) is 11.9. The molecule has 12 aromatic rings. The fourth-order valence-corrected chi connectivity index (χ4v) is 9.75. The zero-order valence-electron chi connectivity index (χ0n) is 36.2. The van der Waals surface area contributed by atoms with E-state index >= 15 is 0 Å². The van der Waals surface area contributed by atoms with E-state index in [1.807, 2.05) is 91.0 Å². The third-order valence-electron chi connectivity index (χ3n) is 12.8. The Hall–Kier alpha value is -8.55. The van der Waals surface area contributed by atoms with Gasteiger partial charge in [-0.15, -0.1) is 0 Å². The van der Waals surface area contributed by atoms with Crippen molar-refractivity contribution in [2.24, 2.45) is 0 Å². The minimum atomic E-state index is -4.57. The van der Waals surface area contributed by atoms with Gasteiger partial charge in [-0.25, -0.2) is 9.97 Å². The number of para-hydroxylation sites is 3. The summed E-state index contributed by atoms with van der Waals surface area (Å²) in [5.41, 5.74) is 12.8. The first kappa shape index (κ1) is 40.0. The number of nitrogens with zero attached hydrogens (tertiary/aromatic N) is 4.